The van der Waals surface area contributed by atoms with Crippen LogP contribution in [0.3, 0.4) is 0 Å². The van der Waals surface area contributed by atoms with Gasteiger partial charge in [0.15, 0.2) is 0 Å². The first-order valence-electron chi connectivity index (χ1n) is 6.47. The van der Waals surface area contributed by atoms with Crippen LogP contribution in [0.5, 0.6) is 0 Å². The van der Waals surface area contributed by atoms with Crippen LogP contribution in [0.15, 0.2) is 42.5 Å². The molecule has 1 unspecified atom stereocenters. The summed E-state index contributed by atoms with van der Waals surface area (Å²) in [5.41, 5.74) is 7.54. The van der Waals surface area contributed by atoms with Gasteiger partial charge in [0.1, 0.15) is 0 Å². The predicted molar refractivity (Wildman–Crippen MR) is 81.2 cm³/mol. The van der Waals surface area contributed by atoms with Gasteiger partial charge >= 0.3 is 0 Å². The molecule has 0 fully saturated rings. The quantitative estimate of drug-likeness (QED) is 0.658. The molecule has 2 aromatic rings. The molecule has 3 N–H and O–H groups in total. The van der Waals surface area contributed by atoms with Crippen LogP contribution in [0.1, 0.15) is 35.2 Å². The molecule has 0 aliphatic heterocycles. The Morgan fingerprint density at radius 3 is 2.63 bits per heavy atom. The van der Waals surface area contributed by atoms with Crippen LogP contribution in [0.4, 0.5) is 0 Å². The zero-order chi connectivity index (χ0) is 13.8. The van der Waals surface area contributed by atoms with Crippen molar-refractivity contribution in [2.24, 2.45) is 5.84 Å². The molecule has 0 amide bonds. The summed E-state index contributed by atoms with van der Waals surface area (Å²) in [6, 6.07) is 14.3. The molecule has 0 heterocycles. The van der Waals surface area contributed by atoms with Gasteiger partial charge in [-0.3, -0.25) is 5.84 Å². The van der Waals surface area contributed by atoms with Crippen molar-refractivity contribution in [2.45, 2.75) is 26.3 Å². The number of nitrogens with two attached hydrogens (primary N) is 1. The van der Waals surface area contributed by atoms with Crippen LogP contribution in [0.25, 0.3) is 0 Å². The summed E-state index contributed by atoms with van der Waals surface area (Å²) >= 11 is 6.19. The van der Waals surface area contributed by atoms with Crippen LogP contribution in [-0.4, -0.2) is 0 Å². The third kappa shape index (κ3) is 2.98. The van der Waals surface area contributed by atoms with Crippen molar-refractivity contribution in [2.75, 3.05) is 0 Å². The van der Waals surface area contributed by atoms with E-state index in [-0.39, 0.29) is 6.04 Å². The number of hydrogen-bond donors (Lipinski definition) is 2. The van der Waals surface area contributed by atoms with Gasteiger partial charge < -0.3 is 0 Å². The van der Waals surface area contributed by atoms with E-state index in [1.54, 1.807) is 0 Å². The van der Waals surface area contributed by atoms with Gasteiger partial charge in [0.2, 0.25) is 0 Å². The standard InChI is InChI=1S/C16H19ClN2/c1-3-12-6-4-7-13(10-12)16(19-18)14-8-5-9-15(17)11(14)2/h4-10,16,19H,3,18H2,1-2H3. The number of aryl methyl sites for hydroxylation is 1. The molecule has 1 atom stereocenters. The van der Waals surface area contributed by atoms with E-state index in [1.165, 1.54) is 5.56 Å². The van der Waals surface area contributed by atoms with Gasteiger partial charge in [-0.1, -0.05) is 54.9 Å². The van der Waals surface area contributed by atoms with Gasteiger partial charge in [0.25, 0.3) is 0 Å². The summed E-state index contributed by atoms with van der Waals surface area (Å²) in [6.45, 7) is 4.17. The van der Waals surface area contributed by atoms with Crippen LogP contribution in [-0.2, 0) is 6.42 Å². The number of benzene rings is 2. The van der Waals surface area contributed by atoms with Crippen LogP contribution in [0, 0.1) is 6.92 Å². The first kappa shape index (κ1) is 14.1. The lowest BCUT2D eigenvalue weighted by Gasteiger charge is -2.20. The lowest BCUT2D eigenvalue weighted by Crippen LogP contribution is -2.29. The topological polar surface area (TPSA) is 38.0 Å². The fraction of sp³-hybridized carbons (Fsp3) is 0.250. The Labute approximate surface area is 119 Å². The Morgan fingerprint density at radius 2 is 1.95 bits per heavy atom. The number of halogens is 1. The second kappa shape index (κ2) is 6.20. The van der Waals surface area contributed by atoms with E-state index in [9.17, 15) is 0 Å². The van der Waals surface area contributed by atoms with Crippen LogP contribution < -0.4 is 11.3 Å². The van der Waals surface area contributed by atoms with E-state index in [0.717, 1.165) is 28.1 Å². The normalized spacial score (nSPS) is 12.4. The van der Waals surface area contributed by atoms with Crippen molar-refractivity contribution in [1.82, 2.24) is 5.43 Å². The molecular formula is C16H19ClN2. The number of hydrogen-bond acceptors (Lipinski definition) is 2. The van der Waals surface area contributed by atoms with Crippen molar-refractivity contribution < 1.29 is 0 Å². The Kier molecular flexibility index (Phi) is 4.59. The monoisotopic (exact) mass is 274 g/mol. The number of hydrazine groups is 1. The minimum Gasteiger partial charge on any atom is -0.271 e. The van der Waals surface area contributed by atoms with Gasteiger partial charge in [0.05, 0.1) is 6.04 Å². The minimum atomic E-state index is -0.0369. The molecule has 0 saturated heterocycles. The van der Waals surface area contributed by atoms with Gasteiger partial charge in [0, 0.05) is 5.02 Å². The lowest BCUT2D eigenvalue weighted by molar-refractivity contribution is 0.633. The molecule has 2 aromatic carbocycles. The fourth-order valence-corrected chi connectivity index (χ4v) is 2.48. The Hall–Kier alpha value is -1.35. The van der Waals surface area contributed by atoms with Crippen LogP contribution in [0.2, 0.25) is 5.02 Å². The Bertz CT molecular complexity index is 566. The second-order valence-electron chi connectivity index (χ2n) is 4.65. The highest BCUT2D eigenvalue weighted by Gasteiger charge is 2.15. The minimum absolute atomic E-state index is 0.0369. The van der Waals surface area contributed by atoms with E-state index in [1.807, 2.05) is 19.1 Å². The van der Waals surface area contributed by atoms with Gasteiger partial charge in [-0.2, -0.15) is 0 Å². The maximum absolute atomic E-state index is 6.19. The van der Waals surface area contributed by atoms with E-state index < -0.39 is 0 Å². The van der Waals surface area contributed by atoms with E-state index in [4.69, 9.17) is 17.4 Å². The second-order valence-corrected chi connectivity index (χ2v) is 5.06. The molecule has 0 saturated carbocycles. The first-order valence-corrected chi connectivity index (χ1v) is 6.85. The molecule has 0 bridgehead atoms. The van der Waals surface area contributed by atoms with Crippen LogP contribution >= 0.6 is 11.6 Å². The Morgan fingerprint density at radius 1 is 1.21 bits per heavy atom. The zero-order valence-electron chi connectivity index (χ0n) is 11.3. The summed E-state index contributed by atoms with van der Waals surface area (Å²) < 4.78 is 0. The smallest absolute Gasteiger partial charge is 0.0713 e. The molecule has 0 spiro atoms. The summed E-state index contributed by atoms with van der Waals surface area (Å²) in [6.07, 6.45) is 1.01. The molecule has 0 aliphatic carbocycles. The third-order valence-corrected chi connectivity index (χ3v) is 3.89. The highest BCUT2D eigenvalue weighted by atomic mass is 35.5. The largest absolute Gasteiger partial charge is 0.271 e. The van der Waals surface area contributed by atoms with E-state index >= 15 is 0 Å². The summed E-state index contributed by atoms with van der Waals surface area (Å²) in [4.78, 5) is 0. The first-order chi connectivity index (χ1) is 9.17. The van der Waals surface area contributed by atoms with Gasteiger partial charge in [-0.25, -0.2) is 5.43 Å². The molecule has 0 radical (unpaired) electrons. The average molecular weight is 275 g/mol. The SMILES string of the molecule is CCc1cccc(C(NN)c2cccc(Cl)c2C)c1. The summed E-state index contributed by atoms with van der Waals surface area (Å²) in [5.74, 6) is 5.75. The molecule has 0 aromatic heterocycles. The van der Waals surface area contributed by atoms with Crippen molar-refractivity contribution in [1.29, 1.82) is 0 Å². The third-order valence-electron chi connectivity index (χ3n) is 3.48. The molecule has 0 aliphatic rings. The maximum Gasteiger partial charge on any atom is 0.0713 e. The molecule has 100 valence electrons. The van der Waals surface area contributed by atoms with E-state index in [0.29, 0.717) is 0 Å². The molecule has 2 rings (SSSR count). The molecular weight excluding hydrogens is 256 g/mol. The summed E-state index contributed by atoms with van der Waals surface area (Å²) in [5, 5.41) is 0.768. The van der Waals surface area contributed by atoms with Crippen molar-refractivity contribution >= 4 is 11.6 Å². The molecule has 2 nitrogen and oxygen atoms in total. The van der Waals surface area contributed by atoms with Crippen molar-refractivity contribution in [3.05, 3.63) is 69.7 Å². The fourth-order valence-electron chi connectivity index (χ4n) is 2.30. The number of nitrogens with one attached hydrogen (secondary N) is 1. The summed E-state index contributed by atoms with van der Waals surface area (Å²) in [7, 11) is 0. The van der Waals surface area contributed by atoms with Gasteiger partial charge in [-0.05, 0) is 41.7 Å². The molecule has 3 heteroatoms. The predicted octanol–water partition coefficient (Wildman–Crippen LogP) is 3.76. The van der Waals surface area contributed by atoms with Crippen molar-refractivity contribution in [3.63, 3.8) is 0 Å². The number of rotatable bonds is 4. The highest BCUT2D eigenvalue weighted by Crippen LogP contribution is 2.28. The zero-order valence-corrected chi connectivity index (χ0v) is 12.0. The van der Waals surface area contributed by atoms with E-state index in [2.05, 4.69) is 42.7 Å². The van der Waals surface area contributed by atoms with Gasteiger partial charge in [-0.15, -0.1) is 0 Å². The van der Waals surface area contributed by atoms with Crippen molar-refractivity contribution in [3.8, 4) is 0 Å². The lowest BCUT2D eigenvalue weighted by atomic mass is 9.94. The molecule has 19 heavy (non-hydrogen) atoms. The average Bonchev–Trinajstić information content (AvgIpc) is 2.44. The maximum atomic E-state index is 6.19. The Balaban J connectivity index is 2.46. The highest BCUT2D eigenvalue weighted by molar-refractivity contribution is 6.31.